The molecule has 110 valence electrons. The van der Waals surface area contributed by atoms with Crippen molar-refractivity contribution in [3.05, 3.63) is 35.4 Å². The Kier molecular flexibility index (Phi) is 5.01. The number of amidine groups is 1. The normalized spacial score (nSPS) is 21.4. The lowest BCUT2D eigenvalue weighted by Crippen LogP contribution is -2.40. The summed E-state index contributed by atoms with van der Waals surface area (Å²) in [6.45, 7) is 7.32. The summed E-state index contributed by atoms with van der Waals surface area (Å²) >= 11 is 0. The second kappa shape index (κ2) is 6.75. The van der Waals surface area contributed by atoms with Crippen molar-refractivity contribution in [1.29, 1.82) is 0 Å². The quantitative estimate of drug-likeness (QED) is 0.384. The zero-order valence-electron chi connectivity index (χ0n) is 12.4. The minimum absolute atomic E-state index is 0.184. The molecule has 0 spiro atoms. The highest BCUT2D eigenvalue weighted by Gasteiger charge is 2.23. The number of likely N-dealkylation sites (tertiary alicyclic amines) is 1. The second-order valence-corrected chi connectivity index (χ2v) is 6.00. The SMILES string of the molecule is CC(C)c1ccc(CN2CCCC(C(N)=NO)C2)cc1. The number of nitrogens with zero attached hydrogens (tertiary/aromatic N) is 2. The van der Waals surface area contributed by atoms with Crippen molar-refractivity contribution in [2.75, 3.05) is 13.1 Å². The van der Waals surface area contributed by atoms with Crippen LogP contribution in [0.2, 0.25) is 0 Å². The summed E-state index contributed by atoms with van der Waals surface area (Å²) in [4.78, 5) is 2.39. The molecular formula is C16H25N3O. The van der Waals surface area contributed by atoms with Gasteiger partial charge in [0, 0.05) is 19.0 Å². The summed E-state index contributed by atoms with van der Waals surface area (Å²) in [5, 5.41) is 11.9. The van der Waals surface area contributed by atoms with Crippen molar-refractivity contribution >= 4 is 5.84 Å². The third-order valence-corrected chi connectivity index (χ3v) is 4.09. The Bertz CT molecular complexity index is 453. The van der Waals surface area contributed by atoms with Gasteiger partial charge in [0.1, 0.15) is 5.84 Å². The number of oxime groups is 1. The summed E-state index contributed by atoms with van der Waals surface area (Å²) in [6.07, 6.45) is 2.11. The Hall–Kier alpha value is -1.55. The molecule has 0 saturated carbocycles. The molecule has 1 atom stereocenters. The Morgan fingerprint density at radius 3 is 2.70 bits per heavy atom. The van der Waals surface area contributed by atoms with E-state index in [9.17, 15) is 0 Å². The van der Waals surface area contributed by atoms with E-state index in [0.717, 1.165) is 32.5 Å². The number of piperidine rings is 1. The van der Waals surface area contributed by atoms with E-state index in [4.69, 9.17) is 10.9 Å². The molecule has 1 fully saturated rings. The maximum atomic E-state index is 8.79. The molecule has 2 rings (SSSR count). The third-order valence-electron chi connectivity index (χ3n) is 4.09. The molecule has 0 amide bonds. The van der Waals surface area contributed by atoms with E-state index >= 15 is 0 Å². The van der Waals surface area contributed by atoms with Crippen LogP contribution in [0.3, 0.4) is 0 Å². The van der Waals surface area contributed by atoms with Crippen molar-refractivity contribution in [3.63, 3.8) is 0 Å². The van der Waals surface area contributed by atoms with E-state index in [1.165, 1.54) is 11.1 Å². The number of nitrogens with two attached hydrogens (primary N) is 1. The number of hydrogen-bond donors (Lipinski definition) is 2. The van der Waals surface area contributed by atoms with Gasteiger partial charge in [-0.3, -0.25) is 4.90 Å². The van der Waals surface area contributed by atoms with E-state index in [1.807, 2.05) is 0 Å². The zero-order chi connectivity index (χ0) is 14.5. The van der Waals surface area contributed by atoms with E-state index in [-0.39, 0.29) is 5.92 Å². The van der Waals surface area contributed by atoms with Crippen LogP contribution in [0.4, 0.5) is 0 Å². The summed E-state index contributed by atoms with van der Waals surface area (Å²) in [5.41, 5.74) is 8.43. The zero-order valence-corrected chi connectivity index (χ0v) is 12.4. The van der Waals surface area contributed by atoms with Gasteiger partial charge in [-0.1, -0.05) is 43.3 Å². The molecule has 1 aromatic carbocycles. The van der Waals surface area contributed by atoms with Gasteiger partial charge in [0.15, 0.2) is 0 Å². The fraction of sp³-hybridized carbons (Fsp3) is 0.562. The molecule has 1 aromatic rings. The average Bonchev–Trinajstić information content (AvgIpc) is 2.47. The van der Waals surface area contributed by atoms with Gasteiger partial charge in [0.2, 0.25) is 0 Å². The molecule has 20 heavy (non-hydrogen) atoms. The topological polar surface area (TPSA) is 61.8 Å². The monoisotopic (exact) mass is 275 g/mol. The smallest absolute Gasteiger partial charge is 0.143 e. The predicted molar refractivity (Wildman–Crippen MR) is 81.9 cm³/mol. The highest BCUT2D eigenvalue weighted by Crippen LogP contribution is 2.20. The van der Waals surface area contributed by atoms with Gasteiger partial charge in [-0.05, 0) is 36.4 Å². The van der Waals surface area contributed by atoms with Gasteiger partial charge in [0.05, 0.1) is 0 Å². The van der Waals surface area contributed by atoms with Gasteiger partial charge < -0.3 is 10.9 Å². The lowest BCUT2D eigenvalue weighted by atomic mass is 9.96. The molecule has 4 nitrogen and oxygen atoms in total. The number of hydrogen-bond acceptors (Lipinski definition) is 3. The first-order valence-corrected chi connectivity index (χ1v) is 7.38. The van der Waals surface area contributed by atoms with Crippen LogP contribution in [-0.4, -0.2) is 29.0 Å². The first-order chi connectivity index (χ1) is 9.60. The molecule has 0 aromatic heterocycles. The van der Waals surface area contributed by atoms with Gasteiger partial charge in [0.25, 0.3) is 0 Å². The Balaban J connectivity index is 1.95. The maximum Gasteiger partial charge on any atom is 0.143 e. The van der Waals surface area contributed by atoms with Crippen LogP contribution in [0.5, 0.6) is 0 Å². The minimum atomic E-state index is 0.184. The molecule has 1 heterocycles. The van der Waals surface area contributed by atoms with E-state index in [2.05, 4.69) is 48.2 Å². The number of benzene rings is 1. The minimum Gasteiger partial charge on any atom is -0.409 e. The van der Waals surface area contributed by atoms with E-state index in [1.54, 1.807) is 0 Å². The van der Waals surface area contributed by atoms with Crippen molar-refractivity contribution < 1.29 is 5.21 Å². The van der Waals surface area contributed by atoms with Gasteiger partial charge in [-0.2, -0.15) is 0 Å². The second-order valence-electron chi connectivity index (χ2n) is 6.00. The van der Waals surface area contributed by atoms with E-state index in [0.29, 0.717) is 11.8 Å². The Morgan fingerprint density at radius 1 is 1.40 bits per heavy atom. The first-order valence-electron chi connectivity index (χ1n) is 7.38. The van der Waals surface area contributed by atoms with Crippen molar-refractivity contribution in [2.24, 2.45) is 16.8 Å². The summed E-state index contributed by atoms with van der Waals surface area (Å²) in [5.74, 6) is 1.12. The van der Waals surface area contributed by atoms with Crippen LogP contribution >= 0.6 is 0 Å². The highest BCUT2D eigenvalue weighted by molar-refractivity contribution is 5.82. The molecule has 0 bridgehead atoms. The van der Waals surface area contributed by atoms with Gasteiger partial charge >= 0.3 is 0 Å². The lowest BCUT2D eigenvalue weighted by molar-refractivity contribution is 0.193. The summed E-state index contributed by atoms with van der Waals surface area (Å²) in [6, 6.07) is 8.85. The molecule has 4 heteroatoms. The van der Waals surface area contributed by atoms with Crippen LogP contribution in [0.15, 0.2) is 29.4 Å². The molecular weight excluding hydrogens is 250 g/mol. The van der Waals surface area contributed by atoms with Crippen LogP contribution in [0, 0.1) is 5.92 Å². The van der Waals surface area contributed by atoms with Crippen LogP contribution < -0.4 is 5.73 Å². The average molecular weight is 275 g/mol. The molecule has 1 aliphatic rings. The summed E-state index contributed by atoms with van der Waals surface area (Å²) < 4.78 is 0. The van der Waals surface area contributed by atoms with Crippen LogP contribution in [0.1, 0.15) is 43.7 Å². The largest absolute Gasteiger partial charge is 0.409 e. The molecule has 3 N–H and O–H groups in total. The molecule has 1 aliphatic heterocycles. The van der Waals surface area contributed by atoms with Crippen molar-refractivity contribution in [1.82, 2.24) is 4.90 Å². The molecule has 1 saturated heterocycles. The Morgan fingerprint density at radius 2 is 2.10 bits per heavy atom. The maximum absolute atomic E-state index is 8.79. The third kappa shape index (κ3) is 3.73. The number of rotatable bonds is 4. The summed E-state index contributed by atoms with van der Waals surface area (Å²) in [7, 11) is 0. The fourth-order valence-corrected chi connectivity index (χ4v) is 2.79. The van der Waals surface area contributed by atoms with Crippen LogP contribution in [0.25, 0.3) is 0 Å². The molecule has 0 radical (unpaired) electrons. The highest BCUT2D eigenvalue weighted by atomic mass is 16.4. The first kappa shape index (κ1) is 14.9. The van der Waals surface area contributed by atoms with E-state index < -0.39 is 0 Å². The fourth-order valence-electron chi connectivity index (χ4n) is 2.79. The predicted octanol–water partition coefficient (Wildman–Crippen LogP) is 2.77. The molecule has 0 aliphatic carbocycles. The van der Waals surface area contributed by atoms with Crippen molar-refractivity contribution in [3.8, 4) is 0 Å². The Labute approximate surface area is 121 Å². The van der Waals surface area contributed by atoms with Crippen LogP contribution in [-0.2, 0) is 6.54 Å². The standard InChI is InChI=1S/C16H25N3O/c1-12(2)14-7-5-13(6-8-14)10-19-9-3-4-15(11-19)16(17)18-20/h5-8,12,15,20H,3-4,9-11H2,1-2H3,(H2,17,18). The lowest BCUT2D eigenvalue weighted by Gasteiger charge is -2.32. The van der Waals surface area contributed by atoms with Crippen molar-refractivity contribution in [2.45, 2.75) is 39.2 Å². The van der Waals surface area contributed by atoms with Gasteiger partial charge in [-0.15, -0.1) is 0 Å². The molecule has 1 unspecified atom stereocenters. The van der Waals surface area contributed by atoms with Gasteiger partial charge in [-0.25, -0.2) is 0 Å².